The van der Waals surface area contributed by atoms with Crippen LogP contribution in [0.25, 0.3) is 38.6 Å². The van der Waals surface area contributed by atoms with Crippen LogP contribution in [-0.2, 0) is 0 Å². The van der Waals surface area contributed by atoms with Crippen LogP contribution in [0.15, 0.2) is 79.0 Å². The molecule has 3 aromatic carbocycles. The number of nitrogens with zero attached hydrogens (tertiary/aromatic N) is 3. The van der Waals surface area contributed by atoms with Crippen molar-refractivity contribution in [1.82, 2.24) is 9.55 Å². The van der Waals surface area contributed by atoms with E-state index < -0.39 is 5.60 Å². The molecule has 178 valence electrons. The van der Waals surface area contributed by atoms with Gasteiger partial charge in [-0.2, -0.15) is 5.26 Å². The second-order valence-electron chi connectivity index (χ2n) is 9.47. The van der Waals surface area contributed by atoms with Crippen LogP contribution < -0.4 is 5.32 Å². The molecule has 0 fully saturated rings. The SMILES string of the molecule is CC(C)(O)CCNc1cc(-n2c3ccccc3c3c(-c4ccc(C#N)nc4)cccc32)ccc1C=O. The molecule has 0 amide bonds. The van der Waals surface area contributed by atoms with E-state index in [4.69, 9.17) is 5.26 Å². The van der Waals surface area contributed by atoms with Gasteiger partial charge < -0.3 is 15.0 Å². The first-order valence-corrected chi connectivity index (χ1v) is 11.8. The van der Waals surface area contributed by atoms with E-state index in [0.29, 0.717) is 24.2 Å². The van der Waals surface area contributed by atoms with Gasteiger partial charge in [0.25, 0.3) is 0 Å². The number of nitriles is 1. The topological polar surface area (TPSA) is 90.9 Å². The minimum Gasteiger partial charge on any atom is -0.390 e. The lowest BCUT2D eigenvalue weighted by atomic mass is 10.0. The summed E-state index contributed by atoms with van der Waals surface area (Å²) in [6.07, 6.45) is 3.13. The largest absolute Gasteiger partial charge is 0.390 e. The van der Waals surface area contributed by atoms with Crippen LogP contribution in [0.2, 0.25) is 0 Å². The number of hydrogen-bond acceptors (Lipinski definition) is 5. The van der Waals surface area contributed by atoms with Gasteiger partial charge in [0.15, 0.2) is 6.29 Å². The van der Waals surface area contributed by atoms with Gasteiger partial charge in [-0.25, -0.2) is 4.98 Å². The third kappa shape index (κ3) is 4.33. The molecular weight excluding hydrogens is 448 g/mol. The van der Waals surface area contributed by atoms with Crippen molar-refractivity contribution >= 4 is 33.8 Å². The van der Waals surface area contributed by atoms with Crippen molar-refractivity contribution in [2.75, 3.05) is 11.9 Å². The number of hydrogen-bond donors (Lipinski definition) is 2. The minimum atomic E-state index is -0.796. The molecule has 6 heteroatoms. The Morgan fingerprint density at radius 3 is 2.58 bits per heavy atom. The average molecular weight is 475 g/mol. The lowest BCUT2D eigenvalue weighted by Gasteiger charge is -2.19. The number of carbonyl (C=O) groups is 1. The predicted octanol–water partition coefficient (Wildman–Crippen LogP) is 6.10. The highest BCUT2D eigenvalue weighted by atomic mass is 16.3. The molecule has 0 aliphatic heterocycles. The highest BCUT2D eigenvalue weighted by Gasteiger charge is 2.17. The van der Waals surface area contributed by atoms with Gasteiger partial charge in [-0.1, -0.05) is 30.3 Å². The molecule has 0 atom stereocenters. The summed E-state index contributed by atoms with van der Waals surface area (Å²) < 4.78 is 2.20. The Labute approximate surface area is 209 Å². The number of pyridine rings is 1. The molecule has 0 unspecified atom stereocenters. The number of rotatable bonds is 7. The number of carbonyl (C=O) groups excluding carboxylic acids is 1. The Morgan fingerprint density at radius 2 is 1.86 bits per heavy atom. The maximum Gasteiger partial charge on any atom is 0.152 e. The third-order valence-electron chi connectivity index (χ3n) is 6.36. The number of para-hydroxylation sites is 1. The number of anilines is 1. The second kappa shape index (κ2) is 9.29. The summed E-state index contributed by atoms with van der Waals surface area (Å²) in [5.74, 6) is 0. The average Bonchev–Trinajstić information content (AvgIpc) is 3.22. The van der Waals surface area contributed by atoms with Gasteiger partial charge in [0.2, 0.25) is 0 Å². The Kier molecular flexibility index (Phi) is 6.01. The Bertz CT molecular complexity index is 1620. The maximum atomic E-state index is 11.7. The van der Waals surface area contributed by atoms with E-state index in [1.807, 2.05) is 42.5 Å². The molecule has 5 aromatic rings. The predicted molar refractivity (Wildman–Crippen MR) is 144 cm³/mol. The molecule has 0 spiro atoms. The quantitative estimate of drug-likeness (QED) is 0.278. The molecule has 0 aliphatic rings. The van der Waals surface area contributed by atoms with Gasteiger partial charge in [-0.05, 0) is 68.3 Å². The van der Waals surface area contributed by atoms with Crippen molar-refractivity contribution in [3.8, 4) is 22.9 Å². The van der Waals surface area contributed by atoms with Crippen LogP contribution in [0, 0.1) is 11.3 Å². The molecule has 0 saturated heterocycles. The van der Waals surface area contributed by atoms with Gasteiger partial charge in [0, 0.05) is 46.0 Å². The van der Waals surface area contributed by atoms with E-state index in [1.165, 1.54) is 0 Å². The van der Waals surface area contributed by atoms with E-state index in [1.54, 1.807) is 26.1 Å². The van der Waals surface area contributed by atoms with Crippen molar-refractivity contribution in [1.29, 1.82) is 5.26 Å². The zero-order chi connectivity index (χ0) is 25.3. The Hall–Kier alpha value is -4.47. The van der Waals surface area contributed by atoms with Crippen LogP contribution in [0.1, 0.15) is 36.3 Å². The van der Waals surface area contributed by atoms with Gasteiger partial charge in [0.1, 0.15) is 11.8 Å². The number of fused-ring (bicyclic) bond motifs is 3. The Balaban J connectivity index is 1.69. The van der Waals surface area contributed by atoms with Crippen LogP contribution in [0.3, 0.4) is 0 Å². The molecule has 2 heterocycles. The molecule has 0 aliphatic carbocycles. The monoisotopic (exact) mass is 474 g/mol. The fourth-order valence-corrected chi connectivity index (χ4v) is 4.60. The highest BCUT2D eigenvalue weighted by molar-refractivity contribution is 6.15. The number of benzene rings is 3. The van der Waals surface area contributed by atoms with Crippen molar-refractivity contribution in [2.45, 2.75) is 25.9 Å². The normalized spacial score (nSPS) is 11.5. The number of aromatic nitrogens is 2. The number of nitrogens with one attached hydrogen (secondary N) is 1. The molecule has 0 bridgehead atoms. The molecule has 0 radical (unpaired) electrons. The van der Waals surface area contributed by atoms with Gasteiger partial charge in [0.05, 0.1) is 16.6 Å². The van der Waals surface area contributed by atoms with Crippen LogP contribution in [0.5, 0.6) is 0 Å². The standard InChI is InChI=1S/C30H26N4O2/c1-30(2,36)14-15-32-26-16-23(13-11-21(26)19-35)34-27-8-4-3-6-25(27)29-24(7-5-9-28(29)34)20-10-12-22(17-31)33-18-20/h3-13,16,18-19,32,36H,14-15H2,1-2H3. The maximum absolute atomic E-state index is 11.7. The van der Waals surface area contributed by atoms with Gasteiger partial charge >= 0.3 is 0 Å². The zero-order valence-corrected chi connectivity index (χ0v) is 20.2. The first kappa shape index (κ1) is 23.3. The first-order valence-electron chi connectivity index (χ1n) is 11.8. The summed E-state index contributed by atoms with van der Waals surface area (Å²) in [6.45, 7) is 4.08. The summed E-state index contributed by atoms with van der Waals surface area (Å²) in [5.41, 5.74) is 5.85. The Morgan fingerprint density at radius 1 is 1.06 bits per heavy atom. The van der Waals surface area contributed by atoms with E-state index in [2.05, 4.69) is 45.2 Å². The molecular formula is C30H26N4O2. The summed E-state index contributed by atoms with van der Waals surface area (Å²) in [6, 6.07) is 25.9. The van der Waals surface area contributed by atoms with E-state index in [9.17, 15) is 9.90 Å². The molecule has 2 aromatic heterocycles. The summed E-state index contributed by atoms with van der Waals surface area (Å²) in [7, 11) is 0. The first-order chi connectivity index (χ1) is 17.4. The van der Waals surface area contributed by atoms with Crippen molar-refractivity contribution in [3.05, 3.63) is 90.3 Å². The molecule has 5 rings (SSSR count). The summed E-state index contributed by atoms with van der Waals surface area (Å²) in [5, 5.41) is 24.7. The van der Waals surface area contributed by atoms with Crippen molar-refractivity contribution < 1.29 is 9.90 Å². The number of aldehydes is 1. The van der Waals surface area contributed by atoms with Crippen molar-refractivity contribution in [3.63, 3.8) is 0 Å². The van der Waals surface area contributed by atoms with E-state index in [0.717, 1.165) is 50.6 Å². The summed E-state index contributed by atoms with van der Waals surface area (Å²) >= 11 is 0. The zero-order valence-electron chi connectivity index (χ0n) is 20.2. The third-order valence-corrected chi connectivity index (χ3v) is 6.36. The van der Waals surface area contributed by atoms with Crippen LogP contribution >= 0.6 is 0 Å². The lowest BCUT2D eigenvalue weighted by Crippen LogP contribution is -2.22. The molecule has 0 saturated carbocycles. The van der Waals surface area contributed by atoms with Gasteiger partial charge in [-0.3, -0.25) is 4.79 Å². The fraction of sp³-hybridized carbons (Fsp3) is 0.167. The van der Waals surface area contributed by atoms with E-state index in [-0.39, 0.29) is 0 Å². The molecule has 36 heavy (non-hydrogen) atoms. The van der Waals surface area contributed by atoms with Gasteiger partial charge in [-0.15, -0.1) is 0 Å². The summed E-state index contributed by atoms with van der Waals surface area (Å²) in [4.78, 5) is 16.0. The van der Waals surface area contributed by atoms with E-state index >= 15 is 0 Å². The smallest absolute Gasteiger partial charge is 0.152 e. The fourth-order valence-electron chi connectivity index (χ4n) is 4.60. The number of aliphatic hydroxyl groups is 1. The molecule has 6 nitrogen and oxygen atoms in total. The lowest BCUT2D eigenvalue weighted by molar-refractivity contribution is 0.0749. The highest BCUT2D eigenvalue weighted by Crippen LogP contribution is 2.38. The van der Waals surface area contributed by atoms with Crippen LogP contribution in [0.4, 0.5) is 5.69 Å². The second-order valence-corrected chi connectivity index (χ2v) is 9.47. The van der Waals surface area contributed by atoms with Crippen LogP contribution in [-0.4, -0.2) is 33.1 Å². The molecule has 2 N–H and O–H groups in total. The van der Waals surface area contributed by atoms with Crippen molar-refractivity contribution in [2.24, 2.45) is 0 Å². The minimum absolute atomic E-state index is 0.383.